The van der Waals surface area contributed by atoms with Gasteiger partial charge in [0.1, 0.15) is 0 Å². The molecule has 23 heavy (non-hydrogen) atoms. The van der Waals surface area contributed by atoms with Crippen molar-refractivity contribution >= 4 is 23.7 Å². The summed E-state index contributed by atoms with van der Waals surface area (Å²) < 4.78 is 1.90. The van der Waals surface area contributed by atoms with Crippen molar-refractivity contribution in [1.82, 2.24) is 15.2 Å². The van der Waals surface area contributed by atoms with Crippen LogP contribution < -0.4 is 5.43 Å². The first kappa shape index (κ1) is 15.7. The van der Waals surface area contributed by atoms with Crippen LogP contribution in [0.1, 0.15) is 35.4 Å². The average Bonchev–Trinajstić information content (AvgIpc) is 3.33. The lowest BCUT2D eigenvalue weighted by Crippen LogP contribution is -2.19. The molecule has 5 nitrogen and oxygen atoms in total. The van der Waals surface area contributed by atoms with Gasteiger partial charge in [0, 0.05) is 22.2 Å². The molecule has 0 atom stereocenters. The molecule has 1 aliphatic carbocycles. The third-order valence-corrected chi connectivity index (χ3v) is 4.40. The molecule has 120 valence electrons. The zero-order chi connectivity index (χ0) is 16.4. The average molecular weight is 331 g/mol. The third-order valence-electron chi connectivity index (χ3n) is 4.03. The lowest BCUT2D eigenvalue weighted by atomic mass is 10.2. The number of hydrogen-bond acceptors (Lipinski definition) is 3. The molecule has 1 heterocycles. The topological polar surface area (TPSA) is 59.3 Å². The molecule has 0 unspecified atom stereocenters. The van der Waals surface area contributed by atoms with Crippen LogP contribution in [0.3, 0.4) is 0 Å². The second-order valence-electron chi connectivity index (χ2n) is 5.84. The highest BCUT2D eigenvalue weighted by atomic mass is 35.5. The summed E-state index contributed by atoms with van der Waals surface area (Å²) in [6.45, 7) is 4.52. The van der Waals surface area contributed by atoms with Crippen LogP contribution in [-0.4, -0.2) is 21.9 Å². The van der Waals surface area contributed by atoms with Gasteiger partial charge >= 0.3 is 0 Å². The van der Waals surface area contributed by atoms with Crippen LogP contribution in [-0.2, 0) is 11.3 Å². The molecule has 1 saturated carbocycles. The molecular formula is C17H19ClN4O. The van der Waals surface area contributed by atoms with E-state index < -0.39 is 0 Å². The van der Waals surface area contributed by atoms with E-state index in [0.29, 0.717) is 6.54 Å². The van der Waals surface area contributed by atoms with Gasteiger partial charge in [-0.1, -0.05) is 29.8 Å². The number of carbonyl (C=O) groups is 1. The minimum Gasteiger partial charge on any atom is -0.273 e. The zero-order valence-electron chi connectivity index (χ0n) is 13.2. The van der Waals surface area contributed by atoms with Crippen LogP contribution >= 0.6 is 11.6 Å². The van der Waals surface area contributed by atoms with E-state index in [-0.39, 0.29) is 11.8 Å². The monoisotopic (exact) mass is 330 g/mol. The lowest BCUT2D eigenvalue weighted by Gasteiger charge is -2.06. The predicted octanol–water partition coefficient (Wildman–Crippen LogP) is 3.06. The Morgan fingerprint density at radius 1 is 1.43 bits per heavy atom. The summed E-state index contributed by atoms with van der Waals surface area (Å²) in [7, 11) is 0. The number of benzene rings is 1. The van der Waals surface area contributed by atoms with Crippen molar-refractivity contribution < 1.29 is 4.79 Å². The summed E-state index contributed by atoms with van der Waals surface area (Å²) >= 11 is 6.21. The highest BCUT2D eigenvalue weighted by Gasteiger charge is 2.29. The van der Waals surface area contributed by atoms with E-state index in [1.54, 1.807) is 6.21 Å². The Morgan fingerprint density at radius 3 is 2.87 bits per heavy atom. The van der Waals surface area contributed by atoms with Gasteiger partial charge in [-0.15, -0.1) is 0 Å². The molecule has 0 aliphatic heterocycles. The van der Waals surface area contributed by atoms with E-state index in [9.17, 15) is 4.79 Å². The second kappa shape index (κ2) is 6.54. The van der Waals surface area contributed by atoms with E-state index in [4.69, 9.17) is 11.6 Å². The molecule has 6 heteroatoms. The van der Waals surface area contributed by atoms with Crippen LogP contribution in [0.4, 0.5) is 0 Å². The smallest absolute Gasteiger partial charge is 0.243 e. The van der Waals surface area contributed by atoms with Crippen molar-refractivity contribution in [3.05, 3.63) is 51.8 Å². The summed E-state index contributed by atoms with van der Waals surface area (Å²) in [5.41, 5.74) is 6.40. The van der Waals surface area contributed by atoms with Crippen molar-refractivity contribution in [2.45, 2.75) is 33.2 Å². The van der Waals surface area contributed by atoms with E-state index in [0.717, 1.165) is 40.4 Å². The number of nitrogens with one attached hydrogen (secondary N) is 1. The molecule has 1 aromatic carbocycles. The minimum atomic E-state index is 0.0000142. The predicted molar refractivity (Wildman–Crippen MR) is 90.7 cm³/mol. The standard InChI is InChI=1S/C17H19ClN4O/c1-11-15(9-19-20-17(23)13-7-8-13)12(2)22(21-11)10-14-5-3-4-6-16(14)18/h3-6,9,13H,7-8,10H2,1-2H3,(H,20,23)/b19-9-. The number of hydrogen-bond donors (Lipinski definition) is 1. The van der Waals surface area contributed by atoms with Gasteiger partial charge in [0.05, 0.1) is 18.5 Å². The van der Waals surface area contributed by atoms with Crippen molar-refractivity contribution in [2.75, 3.05) is 0 Å². The van der Waals surface area contributed by atoms with Crippen LogP contribution in [0, 0.1) is 19.8 Å². The van der Waals surface area contributed by atoms with Crippen molar-refractivity contribution in [3.63, 3.8) is 0 Å². The molecular weight excluding hydrogens is 312 g/mol. The first-order chi connectivity index (χ1) is 11.1. The molecule has 1 fully saturated rings. The summed E-state index contributed by atoms with van der Waals surface area (Å²) in [6.07, 6.45) is 3.60. The molecule has 1 N–H and O–H groups in total. The van der Waals surface area contributed by atoms with Crippen LogP contribution in [0.25, 0.3) is 0 Å². The molecule has 3 rings (SSSR count). The van der Waals surface area contributed by atoms with E-state index in [1.165, 1.54) is 0 Å². The Kier molecular flexibility index (Phi) is 4.48. The summed E-state index contributed by atoms with van der Waals surface area (Å²) in [6, 6.07) is 7.73. The fourth-order valence-corrected chi connectivity index (χ4v) is 2.63. The van der Waals surface area contributed by atoms with Gasteiger partial charge in [-0.05, 0) is 38.3 Å². The van der Waals surface area contributed by atoms with Crippen molar-refractivity contribution in [3.8, 4) is 0 Å². The lowest BCUT2D eigenvalue weighted by molar-refractivity contribution is -0.122. The molecule has 0 radical (unpaired) electrons. The van der Waals surface area contributed by atoms with Crippen molar-refractivity contribution in [2.24, 2.45) is 11.0 Å². The third kappa shape index (κ3) is 3.62. The first-order valence-electron chi connectivity index (χ1n) is 7.66. The number of carbonyl (C=O) groups excluding carboxylic acids is 1. The van der Waals surface area contributed by atoms with Crippen LogP contribution in [0.2, 0.25) is 5.02 Å². The van der Waals surface area contributed by atoms with E-state index >= 15 is 0 Å². The highest BCUT2D eigenvalue weighted by molar-refractivity contribution is 6.31. The van der Waals surface area contributed by atoms with Crippen molar-refractivity contribution in [1.29, 1.82) is 0 Å². The van der Waals surface area contributed by atoms with Gasteiger partial charge in [-0.25, -0.2) is 5.43 Å². The Bertz CT molecular complexity index is 762. The number of aryl methyl sites for hydroxylation is 1. The normalized spacial score (nSPS) is 14.4. The first-order valence-corrected chi connectivity index (χ1v) is 8.04. The molecule has 0 bridgehead atoms. The molecule has 2 aromatic rings. The van der Waals surface area contributed by atoms with Crippen LogP contribution in [0.15, 0.2) is 29.4 Å². The van der Waals surface area contributed by atoms with Gasteiger partial charge in [0.15, 0.2) is 0 Å². The number of nitrogens with zero attached hydrogens (tertiary/aromatic N) is 3. The number of rotatable bonds is 5. The van der Waals surface area contributed by atoms with E-state index in [1.807, 2.05) is 42.8 Å². The Morgan fingerprint density at radius 2 is 2.17 bits per heavy atom. The minimum absolute atomic E-state index is 0.0000142. The fourth-order valence-electron chi connectivity index (χ4n) is 2.44. The molecule has 1 aromatic heterocycles. The van der Waals surface area contributed by atoms with Crippen LogP contribution in [0.5, 0.6) is 0 Å². The maximum atomic E-state index is 11.6. The van der Waals surface area contributed by atoms with Gasteiger partial charge in [-0.2, -0.15) is 10.2 Å². The Labute approximate surface area is 140 Å². The van der Waals surface area contributed by atoms with E-state index in [2.05, 4.69) is 15.6 Å². The van der Waals surface area contributed by atoms with Gasteiger partial charge in [0.25, 0.3) is 0 Å². The van der Waals surface area contributed by atoms with Gasteiger partial charge in [0.2, 0.25) is 5.91 Å². The second-order valence-corrected chi connectivity index (χ2v) is 6.25. The zero-order valence-corrected chi connectivity index (χ0v) is 14.0. The molecule has 0 saturated heterocycles. The summed E-state index contributed by atoms with van der Waals surface area (Å²) in [5.74, 6) is 0.150. The largest absolute Gasteiger partial charge is 0.273 e. The van der Waals surface area contributed by atoms with Gasteiger partial charge in [-0.3, -0.25) is 9.48 Å². The Hall–Kier alpha value is -2.14. The van der Waals surface area contributed by atoms with Gasteiger partial charge < -0.3 is 0 Å². The summed E-state index contributed by atoms with van der Waals surface area (Å²) in [5, 5.41) is 9.33. The number of aromatic nitrogens is 2. The maximum absolute atomic E-state index is 11.6. The number of halogens is 1. The number of amides is 1. The Balaban J connectivity index is 1.75. The highest BCUT2D eigenvalue weighted by Crippen LogP contribution is 2.28. The number of hydrazone groups is 1. The summed E-state index contributed by atoms with van der Waals surface area (Å²) in [4.78, 5) is 11.6. The maximum Gasteiger partial charge on any atom is 0.243 e. The quantitative estimate of drug-likeness (QED) is 0.676. The molecule has 1 amide bonds. The SMILES string of the molecule is Cc1nn(Cc2ccccc2Cl)c(C)c1/C=N\NC(=O)C1CC1. The fraction of sp³-hybridized carbons (Fsp3) is 0.353. The molecule has 0 spiro atoms. The molecule has 1 aliphatic rings.